The molecule has 1 fully saturated rings. The van der Waals surface area contributed by atoms with E-state index in [1.807, 2.05) is 0 Å². The Balaban J connectivity index is 2.57. The molecule has 0 bridgehead atoms. The van der Waals surface area contributed by atoms with Gasteiger partial charge >= 0.3 is 0 Å². The Morgan fingerprint density at radius 3 is 1.60 bits per heavy atom. The van der Waals surface area contributed by atoms with E-state index in [1.165, 1.54) is 5.57 Å². The standard InChI is InChI=1S/C10H18/c1-6(2)10-8(4)7(3)9(10)5/h7-10H,1H2,2-5H3. The molecule has 0 saturated heterocycles. The third kappa shape index (κ3) is 0.902. The molecule has 0 heterocycles. The smallest absolute Gasteiger partial charge is 0.0152 e. The average molecular weight is 138 g/mol. The van der Waals surface area contributed by atoms with Gasteiger partial charge in [-0.3, -0.25) is 0 Å². The molecule has 0 amide bonds. The zero-order valence-electron chi connectivity index (χ0n) is 7.52. The Morgan fingerprint density at radius 2 is 1.40 bits per heavy atom. The molecule has 10 heavy (non-hydrogen) atoms. The van der Waals surface area contributed by atoms with Gasteiger partial charge in [0.2, 0.25) is 0 Å². The summed E-state index contributed by atoms with van der Waals surface area (Å²) in [5, 5.41) is 0. The summed E-state index contributed by atoms with van der Waals surface area (Å²) < 4.78 is 0. The normalized spacial score (nSPS) is 46.4. The van der Waals surface area contributed by atoms with Gasteiger partial charge in [-0.2, -0.15) is 0 Å². The number of hydrogen-bond donors (Lipinski definition) is 0. The minimum atomic E-state index is 0.801. The van der Waals surface area contributed by atoms with Crippen LogP contribution >= 0.6 is 0 Å². The number of hydrogen-bond acceptors (Lipinski definition) is 0. The molecule has 0 heteroatoms. The predicted octanol–water partition coefficient (Wildman–Crippen LogP) is 3.10. The molecule has 0 aromatic heterocycles. The van der Waals surface area contributed by atoms with Gasteiger partial charge in [0.05, 0.1) is 0 Å². The van der Waals surface area contributed by atoms with Crippen molar-refractivity contribution in [3.05, 3.63) is 12.2 Å². The summed E-state index contributed by atoms with van der Waals surface area (Å²) in [6.07, 6.45) is 0. The molecule has 58 valence electrons. The molecule has 1 saturated carbocycles. The quantitative estimate of drug-likeness (QED) is 0.488. The van der Waals surface area contributed by atoms with Crippen molar-refractivity contribution in [2.45, 2.75) is 27.7 Å². The summed E-state index contributed by atoms with van der Waals surface area (Å²) in [5.74, 6) is 3.44. The van der Waals surface area contributed by atoms with E-state index >= 15 is 0 Å². The summed E-state index contributed by atoms with van der Waals surface area (Å²) in [6.45, 7) is 13.2. The van der Waals surface area contributed by atoms with Crippen LogP contribution in [0.15, 0.2) is 12.2 Å². The van der Waals surface area contributed by atoms with Crippen LogP contribution in [0.1, 0.15) is 27.7 Å². The lowest BCUT2D eigenvalue weighted by Gasteiger charge is -2.48. The topological polar surface area (TPSA) is 0 Å². The van der Waals surface area contributed by atoms with Crippen molar-refractivity contribution >= 4 is 0 Å². The van der Waals surface area contributed by atoms with E-state index in [0.29, 0.717) is 0 Å². The van der Waals surface area contributed by atoms with E-state index < -0.39 is 0 Å². The van der Waals surface area contributed by atoms with E-state index in [4.69, 9.17) is 0 Å². The van der Waals surface area contributed by atoms with E-state index in [-0.39, 0.29) is 0 Å². The minimum absolute atomic E-state index is 0.801. The summed E-state index contributed by atoms with van der Waals surface area (Å²) >= 11 is 0. The van der Waals surface area contributed by atoms with Crippen LogP contribution in [0, 0.1) is 23.7 Å². The molecule has 0 aromatic carbocycles. The molecule has 0 nitrogen and oxygen atoms in total. The van der Waals surface area contributed by atoms with Crippen LogP contribution in [0.5, 0.6) is 0 Å². The maximum Gasteiger partial charge on any atom is -0.0152 e. The van der Waals surface area contributed by atoms with Gasteiger partial charge in [0.1, 0.15) is 0 Å². The summed E-state index contributed by atoms with van der Waals surface area (Å²) in [6, 6.07) is 0. The molecular weight excluding hydrogens is 120 g/mol. The van der Waals surface area contributed by atoms with E-state index in [1.54, 1.807) is 0 Å². The second kappa shape index (κ2) is 2.41. The molecule has 0 spiro atoms. The zero-order valence-corrected chi connectivity index (χ0v) is 7.52. The molecule has 2 unspecified atom stereocenters. The lowest BCUT2D eigenvalue weighted by Crippen LogP contribution is -2.42. The Labute approximate surface area is 64.3 Å². The van der Waals surface area contributed by atoms with Crippen molar-refractivity contribution in [2.24, 2.45) is 23.7 Å². The van der Waals surface area contributed by atoms with Crippen molar-refractivity contribution in [1.82, 2.24) is 0 Å². The molecule has 1 aliphatic carbocycles. The molecule has 0 N–H and O–H groups in total. The molecule has 1 rings (SSSR count). The second-order valence-corrected chi connectivity index (χ2v) is 3.95. The monoisotopic (exact) mass is 138 g/mol. The van der Waals surface area contributed by atoms with Crippen LogP contribution in [0.3, 0.4) is 0 Å². The highest BCUT2D eigenvalue weighted by Crippen LogP contribution is 2.48. The maximum atomic E-state index is 4.01. The summed E-state index contributed by atoms with van der Waals surface area (Å²) in [4.78, 5) is 0. The fourth-order valence-corrected chi connectivity index (χ4v) is 2.36. The first-order chi connectivity index (χ1) is 4.55. The van der Waals surface area contributed by atoms with E-state index in [0.717, 1.165) is 23.7 Å². The SMILES string of the molecule is C=C(C)C1C(C)C(C)C1C. The highest BCUT2D eigenvalue weighted by Gasteiger charge is 2.41. The maximum absolute atomic E-state index is 4.01. The fraction of sp³-hybridized carbons (Fsp3) is 0.800. The van der Waals surface area contributed by atoms with Crippen LogP contribution in [-0.4, -0.2) is 0 Å². The van der Waals surface area contributed by atoms with Crippen LogP contribution < -0.4 is 0 Å². The molecule has 0 radical (unpaired) electrons. The number of rotatable bonds is 1. The average Bonchev–Trinajstić information content (AvgIpc) is 1.87. The van der Waals surface area contributed by atoms with Crippen LogP contribution in [0.4, 0.5) is 0 Å². The first-order valence-corrected chi connectivity index (χ1v) is 4.21. The van der Waals surface area contributed by atoms with Gasteiger partial charge in [0, 0.05) is 0 Å². The van der Waals surface area contributed by atoms with Crippen molar-refractivity contribution in [3.63, 3.8) is 0 Å². The van der Waals surface area contributed by atoms with Gasteiger partial charge in [-0.05, 0) is 30.6 Å². The van der Waals surface area contributed by atoms with E-state index in [9.17, 15) is 0 Å². The van der Waals surface area contributed by atoms with Crippen LogP contribution in [0.2, 0.25) is 0 Å². The first-order valence-electron chi connectivity index (χ1n) is 4.21. The van der Waals surface area contributed by atoms with Crippen molar-refractivity contribution < 1.29 is 0 Å². The number of allylic oxidation sites excluding steroid dienone is 1. The van der Waals surface area contributed by atoms with Gasteiger partial charge in [0.15, 0.2) is 0 Å². The first kappa shape index (κ1) is 7.84. The molecule has 0 aromatic rings. The Morgan fingerprint density at radius 1 is 1.00 bits per heavy atom. The van der Waals surface area contributed by atoms with Gasteiger partial charge in [0.25, 0.3) is 0 Å². The van der Waals surface area contributed by atoms with Gasteiger partial charge in [-0.15, -0.1) is 0 Å². The third-order valence-electron chi connectivity index (χ3n) is 3.36. The largest absolute Gasteiger partial charge is 0.0998 e. The second-order valence-electron chi connectivity index (χ2n) is 3.95. The molecular formula is C10H18. The summed E-state index contributed by atoms with van der Waals surface area (Å²) in [7, 11) is 0. The fourth-order valence-electron chi connectivity index (χ4n) is 2.36. The lowest BCUT2D eigenvalue weighted by atomic mass is 9.57. The third-order valence-corrected chi connectivity index (χ3v) is 3.36. The van der Waals surface area contributed by atoms with Gasteiger partial charge in [-0.1, -0.05) is 32.9 Å². The predicted molar refractivity (Wildman–Crippen MR) is 45.8 cm³/mol. The van der Waals surface area contributed by atoms with Crippen LogP contribution in [-0.2, 0) is 0 Å². The van der Waals surface area contributed by atoms with Crippen molar-refractivity contribution in [3.8, 4) is 0 Å². The van der Waals surface area contributed by atoms with Gasteiger partial charge < -0.3 is 0 Å². The Kier molecular flexibility index (Phi) is 1.89. The zero-order chi connectivity index (χ0) is 7.89. The molecule has 1 aliphatic rings. The Bertz CT molecular complexity index is 136. The Hall–Kier alpha value is -0.260. The van der Waals surface area contributed by atoms with Crippen LogP contribution in [0.25, 0.3) is 0 Å². The lowest BCUT2D eigenvalue weighted by molar-refractivity contribution is 0.0437. The van der Waals surface area contributed by atoms with Gasteiger partial charge in [-0.25, -0.2) is 0 Å². The van der Waals surface area contributed by atoms with Crippen molar-refractivity contribution in [1.29, 1.82) is 0 Å². The minimum Gasteiger partial charge on any atom is -0.0998 e. The molecule has 2 atom stereocenters. The summed E-state index contributed by atoms with van der Waals surface area (Å²) in [5.41, 5.74) is 1.37. The van der Waals surface area contributed by atoms with E-state index in [2.05, 4.69) is 34.3 Å². The highest BCUT2D eigenvalue weighted by atomic mass is 14.5. The van der Waals surface area contributed by atoms with Crippen molar-refractivity contribution in [2.75, 3.05) is 0 Å². The molecule has 0 aliphatic heterocycles. The highest BCUT2D eigenvalue weighted by molar-refractivity contribution is 5.08.